The van der Waals surface area contributed by atoms with Crippen molar-refractivity contribution in [2.24, 2.45) is 11.8 Å². The normalized spacial score (nSPS) is 25.4. The maximum Gasteiger partial charge on any atom is 0.118 e. The number of hydrazine groups is 1. The number of ether oxygens (including phenoxy) is 2. The van der Waals surface area contributed by atoms with Gasteiger partial charge in [0.15, 0.2) is 0 Å². The molecule has 112 valence electrons. The number of benzene rings is 1. The van der Waals surface area contributed by atoms with Crippen molar-refractivity contribution in [3.05, 3.63) is 29.8 Å². The van der Waals surface area contributed by atoms with Crippen LogP contribution in [-0.2, 0) is 4.74 Å². The van der Waals surface area contributed by atoms with Crippen molar-refractivity contribution in [1.29, 1.82) is 0 Å². The lowest BCUT2D eigenvalue weighted by Gasteiger charge is -2.33. The molecule has 4 nitrogen and oxygen atoms in total. The first-order valence-electron chi connectivity index (χ1n) is 7.09. The summed E-state index contributed by atoms with van der Waals surface area (Å²) in [7, 11) is 1.67. The zero-order valence-corrected chi connectivity index (χ0v) is 13.1. The summed E-state index contributed by atoms with van der Waals surface area (Å²) in [4.78, 5) is 0. The molecule has 0 bridgehead atoms. The molecule has 1 fully saturated rings. The van der Waals surface area contributed by atoms with Gasteiger partial charge in [-0.15, -0.1) is 0 Å². The molecular weight excluding hydrogens is 252 g/mol. The van der Waals surface area contributed by atoms with Crippen molar-refractivity contribution < 1.29 is 9.47 Å². The maximum absolute atomic E-state index is 6.18. The molecule has 1 aliphatic heterocycles. The minimum Gasteiger partial charge on any atom is -0.497 e. The molecular formula is C16H26N2O2. The third-order valence-electron chi connectivity index (χ3n) is 4.20. The van der Waals surface area contributed by atoms with Crippen LogP contribution in [0.1, 0.15) is 45.7 Å². The number of methoxy groups -OCH3 is 1. The third-order valence-corrected chi connectivity index (χ3v) is 4.20. The van der Waals surface area contributed by atoms with Gasteiger partial charge in [-0.05, 0) is 51.8 Å². The van der Waals surface area contributed by atoms with Gasteiger partial charge in [0, 0.05) is 5.92 Å². The fourth-order valence-corrected chi connectivity index (χ4v) is 3.38. The van der Waals surface area contributed by atoms with Gasteiger partial charge in [0.05, 0.1) is 24.4 Å². The van der Waals surface area contributed by atoms with E-state index in [1.165, 1.54) is 0 Å². The van der Waals surface area contributed by atoms with E-state index >= 15 is 0 Å². The minimum absolute atomic E-state index is 0.0673. The lowest BCUT2D eigenvalue weighted by molar-refractivity contribution is -0.0779. The van der Waals surface area contributed by atoms with Gasteiger partial charge in [-0.25, -0.2) is 0 Å². The molecule has 0 saturated carbocycles. The summed E-state index contributed by atoms with van der Waals surface area (Å²) in [5.74, 6) is 7.00. The molecule has 0 aromatic heterocycles. The van der Waals surface area contributed by atoms with Crippen molar-refractivity contribution in [3.8, 4) is 5.75 Å². The highest BCUT2D eigenvalue weighted by molar-refractivity contribution is 5.30. The zero-order chi connectivity index (χ0) is 15.0. The second-order valence-electron chi connectivity index (χ2n) is 6.69. The van der Waals surface area contributed by atoms with E-state index in [2.05, 4.69) is 45.3 Å². The number of nitrogens with one attached hydrogen (secondary N) is 1. The van der Waals surface area contributed by atoms with Crippen LogP contribution in [0.4, 0.5) is 0 Å². The first kappa shape index (κ1) is 15.3. The first-order valence-corrected chi connectivity index (χ1v) is 7.09. The van der Waals surface area contributed by atoms with E-state index in [1.807, 2.05) is 12.1 Å². The minimum atomic E-state index is -0.208. The Hall–Kier alpha value is -1.10. The van der Waals surface area contributed by atoms with Gasteiger partial charge < -0.3 is 9.47 Å². The largest absolute Gasteiger partial charge is 0.497 e. The van der Waals surface area contributed by atoms with Gasteiger partial charge in [0.25, 0.3) is 0 Å². The lowest BCUT2D eigenvalue weighted by Crippen LogP contribution is -2.41. The predicted octanol–water partition coefficient (Wildman–Crippen LogP) is 2.79. The van der Waals surface area contributed by atoms with Gasteiger partial charge in [-0.2, -0.15) is 0 Å². The third kappa shape index (κ3) is 2.97. The second-order valence-corrected chi connectivity index (χ2v) is 6.69. The van der Waals surface area contributed by atoms with Crippen molar-refractivity contribution in [1.82, 2.24) is 5.43 Å². The van der Waals surface area contributed by atoms with Crippen LogP contribution in [0.25, 0.3) is 0 Å². The highest BCUT2D eigenvalue weighted by Crippen LogP contribution is 2.47. The smallest absolute Gasteiger partial charge is 0.118 e. The second kappa shape index (κ2) is 5.35. The monoisotopic (exact) mass is 278 g/mol. The number of nitrogens with two attached hydrogens (primary N) is 1. The molecule has 20 heavy (non-hydrogen) atoms. The van der Waals surface area contributed by atoms with Crippen LogP contribution < -0.4 is 16.0 Å². The lowest BCUT2D eigenvalue weighted by atomic mass is 9.79. The van der Waals surface area contributed by atoms with E-state index in [9.17, 15) is 0 Å². The Morgan fingerprint density at radius 3 is 2.25 bits per heavy atom. The fourth-order valence-electron chi connectivity index (χ4n) is 3.38. The molecule has 0 radical (unpaired) electrons. The van der Waals surface area contributed by atoms with Crippen molar-refractivity contribution in [3.63, 3.8) is 0 Å². The molecule has 0 aliphatic carbocycles. The van der Waals surface area contributed by atoms with Crippen LogP contribution in [0.2, 0.25) is 0 Å². The topological polar surface area (TPSA) is 56.5 Å². The SMILES string of the molecule is COc1ccc(C(NN)C2CC(C)(C)OC2(C)C)cc1. The van der Waals surface area contributed by atoms with E-state index < -0.39 is 0 Å². The Bertz CT molecular complexity index is 454. The standard InChI is InChI=1S/C16H26N2O2/c1-15(2)10-13(16(3,4)20-15)14(18-17)11-6-8-12(19-5)9-7-11/h6-9,13-14,18H,10,17H2,1-5H3. The molecule has 3 N–H and O–H groups in total. The van der Waals surface area contributed by atoms with Crippen molar-refractivity contribution in [2.45, 2.75) is 51.4 Å². The Morgan fingerprint density at radius 2 is 1.85 bits per heavy atom. The fraction of sp³-hybridized carbons (Fsp3) is 0.625. The molecule has 2 atom stereocenters. The molecule has 1 saturated heterocycles. The highest BCUT2D eigenvalue weighted by atomic mass is 16.5. The van der Waals surface area contributed by atoms with Gasteiger partial charge in [-0.1, -0.05) is 12.1 Å². The van der Waals surface area contributed by atoms with Gasteiger partial charge in [-0.3, -0.25) is 11.3 Å². The Balaban J connectivity index is 2.27. The number of rotatable bonds is 4. The summed E-state index contributed by atoms with van der Waals surface area (Å²) in [6.45, 7) is 8.55. The predicted molar refractivity (Wildman–Crippen MR) is 80.4 cm³/mol. The number of hydrogen-bond acceptors (Lipinski definition) is 4. The van der Waals surface area contributed by atoms with E-state index in [-0.39, 0.29) is 17.2 Å². The molecule has 2 rings (SSSR count). The average Bonchev–Trinajstić information content (AvgIpc) is 2.59. The Kier molecular flexibility index (Phi) is 4.09. The van der Waals surface area contributed by atoms with E-state index in [0.29, 0.717) is 5.92 Å². The summed E-state index contributed by atoms with van der Waals surface area (Å²) in [5, 5.41) is 0. The molecule has 1 heterocycles. The highest BCUT2D eigenvalue weighted by Gasteiger charge is 2.49. The van der Waals surface area contributed by atoms with Crippen LogP contribution in [0, 0.1) is 5.92 Å². The van der Waals surface area contributed by atoms with Gasteiger partial charge in [0.2, 0.25) is 0 Å². The zero-order valence-electron chi connectivity index (χ0n) is 13.1. The summed E-state index contributed by atoms with van der Waals surface area (Å²) in [6.07, 6.45) is 0.973. The molecule has 4 heteroatoms. The molecule has 0 spiro atoms. The van der Waals surface area contributed by atoms with Crippen LogP contribution >= 0.6 is 0 Å². The van der Waals surface area contributed by atoms with E-state index in [1.54, 1.807) is 7.11 Å². The molecule has 2 unspecified atom stereocenters. The first-order chi connectivity index (χ1) is 9.29. The van der Waals surface area contributed by atoms with Gasteiger partial charge >= 0.3 is 0 Å². The summed E-state index contributed by atoms with van der Waals surface area (Å²) < 4.78 is 11.4. The Labute approximate surface area is 121 Å². The molecule has 1 aromatic rings. The molecule has 1 aliphatic rings. The average molecular weight is 278 g/mol. The van der Waals surface area contributed by atoms with Crippen LogP contribution in [0.3, 0.4) is 0 Å². The maximum atomic E-state index is 6.18. The van der Waals surface area contributed by atoms with Crippen LogP contribution in [0.15, 0.2) is 24.3 Å². The molecule has 1 aromatic carbocycles. The summed E-state index contributed by atoms with van der Waals surface area (Å²) in [6, 6.07) is 8.12. The van der Waals surface area contributed by atoms with E-state index in [0.717, 1.165) is 17.7 Å². The van der Waals surface area contributed by atoms with Crippen molar-refractivity contribution in [2.75, 3.05) is 7.11 Å². The van der Waals surface area contributed by atoms with Crippen LogP contribution in [0.5, 0.6) is 5.75 Å². The Morgan fingerprint density at radius 1 is 1.25 bits per heavy atom. The summed E-state index contributed by atoms with van der Waals surface area (Å²) >= 11 is 0. The van der Waals surface area contributed by atoms with Crippen LogP contribution in [-0.4, -0.2) is 18.3 Å². The number of hydrogen-bond donors (Lipinski definition) is 2. The van der Waals surface area contributed by atoms with E-state index in [4.69, 9.17) is 15.3 Å². The molecule has 0 amide bonds. The summed E-state index contributed by atoms with van der Waals surface area (Å²) in [5.41, 5.74) is 3.81. The quantitative estimate of drug-likeness (QED) is 0.657. The van der Waals surface area contributed by atoms with Crippen molar-refractivity contribution >= 4 is 0 Å². The van der Waals surface area contributed by atoms with Gasteiger partial charge in [0.1, 0.15) is 5.75 Å².